The van der Waals surface area contributed by atoms with Crippen LogP contribution in [0.1, 0.15) is 29.9 Å². The number of carbonyl (C=O) groups excluding carboxylic acids is 1. The van der Waals surface area contributed by atoms with Gasteiger partial charge in [-0.3, -0.25) is 4.79 Å². The summed E-state index contributed by atoms with van der Waals surface area (Å²) in [6.07, 6.45) is 2.00. The summed E-state index contributed by atoms with van der Waals surface area (Å²) in [7, 11) is 0. The Bertz CT molecular complexity index is 798. The Morgan fingerprint density at radius 3 is 2.58 bits per heavy atom. The van der Waals surface area contributed by atoms with E-state index in [0.29, 0.717) is 10.7 Å². The molecule has 0 spiro atoms. The molecule has 1 N–H and O–H groups in total. The molecule has 3 nitrogen and oxygen atoms in total. The molecule has 1 aliphatic rings. The fourth-order valence-corrected chi connectivity index (χ4v) is 3.26. The van der Waals surface area contributed by atoms with Gasteiger partial charge in [0.2, 0.25) is 5.91 Å². The van der Waals surface area contributed by atoms with Crippen molar-refractivity contribution in [1.82, 2.24) is 0 Å². The summed E-state index contributed by atoms with van der Waals surface area (Å²) in [5.74, 6) is -0.374. The number of nitriles is 1. The van der Waals surface area contributed by atoms with E-state index in [2.05, 4.69) is 11.4 Å². The van der Waals surface area contributed by atoms with Crippen molar-refractivity contribution < 1.29 is 9.18 Å². The molecule has 2 aromatic carbocycles. The second-order valence-electron chi connectivity index (χ2n) is 5.98. The lowest BCUT2D eigenvalue weighted by atomic mass is 9.69. The van der Waals surface area contributed by atoms with Gasteiger partial charge in [-0.15, -0.1) is 0 Å². The third-order valence-corrected chi connectivity index (χ3v) is 4.80. The Hall–Kier alpha value is -2.38. The van der Waals surface area contributed by atoms with Crippen molar-refractivity contribution in [2.75, 3.05) is 5.32 Å². The van der Waals surface area contributed by atoms with E-state index in [9.17, 15) is 9.18 Å². The van der Waals surface area contributed by atoms with Crippen molar-refractivity contribution in [3.8, 4) is 6.07 Å². The highest BCUT2D eigenvalue weighted by atomic mass is 35.5. The lowest BCUT2D eigenvalue weighted by molar-refractivity contribution is -0.123. The van der Waals surface area contributed by atoms with Gasteiger partial charge in [-0.2, -0.15) is 5.26 Å². The van der Waals surface area contributed by atoms with E-state index in [-0.39, 0.29) is 30.0 Å². The molecule has 0 radical (unpaired) electrons. The SMILES string of the molecule is N#CCc1ccc(NC(=O)C2CCC2c2ccc(F)cc2)c(Cl)c1. The van der Waals surface area contributed by atoms with Gasteiger partial charge in [-0.25, -0.2) is 4.39 Å². The highest BCUT2D eigenvalue weighted by Gasteiger charge is 2.37. The van der Waals surface area contributed by atoms with E-state index in [4.69, 9.17) is 16.9 Å². The van der Waals surface area contributed by atoms with Crippen LogP contribution in [0.5, 0.6) is 0 Å². The maximum Gasteiger partial charge on any atom is 0.228 e. The minimum absolute atomic E-state index is 0.0782. The normalized spacial score (nSPS) is 19.2. The number of rotatable bonds is 4. The highest BCUT2D eigenvalue weighted by molar-refractivity contribution is 6.33. The van der Waals surface area contributed by atoms with Crippen molar-refractivity contribution in [3.05, 3.63) is 64.4 Å². The number of benzene rings is 2. The summed E-state index contributed by atoms with van der Waals surface area (Å²) < 4.78 is 13.0. The molecule has 0 aliphatic heterocycles. The van der Waals surface area contributed by atoms with Gasteiger partial charge in [0.25, 0.3) is 0 Å². The van der Waals surface area contributed by atoms with E-state index in [0.717, 1.165) is 24.0 Å². The Balaban J connectivity index is 1.69. The molecule has 0 saturated heterocycles. The predicted molar refractivity (Wildman–Crippen MR) is 91.3 cm³/mol. The van der Waals surface area contributed by atoms with Gasteiger partial charge in [0, 0.05) is 5.92 Å². The molecule has 1 fully saturated rings. The third-order valence-electron chi connectivity index (χ3n) is 4.48. The van der Waals surface area contributed by atoms with Crippen LogP contribution < -0.4 is 5.32 Å². The van der Waals surface area contributed by atoms with E-state index in [1.54, 1.807) is 30.3 Å². The molecule has 2 unspecified atom stereocenters. The molecule has 3 rings (SSSR count). The molecular weight excluding hydrogens is 327 g/mol. The van der Waals surface area contributed by atoms with Crippen molar-refractivity contribution in [2.45, 2.75) is 25.2 Å². The number of amides is 1. The van der Waals surface area contributed by atoms with Crippen LogP contribution in [0.15, 0.2) is 42.5 Å². The van der Waals surface area contributed by atoms with Gasteiger partial charge in [0.15, 0.2) is 0 Å². The summed E-state index contributed by atoms with van der Waals surface area (Å²) in [6, 6.07) is 13.6. The molecule has 1 aliphatic carbocycles. The second kappa shape index (κ2) is 7.02. The van der Waals surface area contributed by atoms with Crippen LogP contribution in [0.4, 0.5) is 10.1 Å². The summed E-state index contributed by atoms with van der Waals surface area (Å²) >= 11 is 6.18. The summed E-state index contributed by atoms with van der Waals surface area (Å²) in [4.78, 5) is 12.5. The maximum absolute atomic E-state index is 13.0. The van der Waals surface area contributed by atoms with Crippen LogP contribution in [0.2, 0.25) is 5.02 Å². The van der Waals surface area contributed by atoms with Gasteiger partial charge in [-0.05, 0) is 54.2 Å². The lowest BCUT2D eigenvalue weighted by Gasteiger charge is -2.35. The van der Waals surface area contributed by atoms with Gasteiger partial charge in [0.05, 0.1) is 23.2 Å². The smallest absolute Gasteiger partial charge is 0.228 e. The fourth-order valence-electron chi connectivity index (χ4n) is 3.01. The number of halogens is 2. The summed E-state index contributed by atoms with van der Waals surface area (Å²) in [5, 5.41) is 12.0. The van der Waals surface area contributed by atoms with E-state index < -0.39 is 0 Å². The molecule has 1 amide bonds. The highest BCUT2D eigenvalue weighted by Crippen LogP contribution is 2.43. The van der Waals surface area contributed by atoms with Crippen LogP contribution in [0.3, 0.4) is 0 Å². The number of nitrogens with zero attached hydrogens (tertiary/aromatic N) is 1. The van der Waals surface area contributed by atoms with Gasteiger partial charge in [0.1, 0.15) is 5.82 Å². The standard InChI is InChI=1S/C19H16ClFN2O/c20-17-11-12(9-10-22)1-8-18(17)23-19(24)16-7-6-15(16)13-2-4-14(21)5-3-13/h1-5,8,11,15-16H,6-7,9H2,(H,23,24). The molecular formula is C19H16ClFN2O. The van der Waals surface area contributed by atoms with Crippen molar-refractivity contribution in [2.24, 2.45) is 5.92 Å². The average molecular weight is 343 g/mol. The van der Waals surface area contributed by atoms with Gasteiger partial charge in [-0.1, -0.05) is 29.8 Å². The van der Waals surface area contributed by atoms with Crippen LogP contribution >= 0.6 is 11.6 Å². The Labute approximate surface area is 145 Å². The third kappa shape index (κ3) is 3.42. The van der Waals surface area contributed by atoms with Crippen molar-refractivity contribution in [1.29, 1.82) is 5.26 Å². The van der Waals surface area contributed by atoms with Crippen LogP contribution in [0.25, 0.3) is 0 Å². The number of carbonyl (C=O) groups is 1. The van der Waals surface area contributed by atoms with E-state index in [1.165, 1.54) is 12.1 Å². The zero-order valence-corrected chi connectivity index (χ0v) is 13.7. The minimum Gasteiger partial charge on any atom is -0.325 e. The first kappa shape index (κ1) is 16.5. The molecule has 24 heavy (non-hydrogen) atoms. The minimum atomic E-state index is -0.275. The first-order valence-corrected chi connectivity index (χ1v) is 8.18. The maximum atomic E-state index is 13.0. The number of nitrogens with one attached hydrogen (secondary N) is 1. The molecule has 0 aromatic heterocycles. The number of hydrogen-bond acceptors (Lipinski definition) is 2. The van der Waals surface area contributed by atoms with E-state index in [1.807, 2.05) is 0 Å². The zero-order chi connectivity index (χ0) is 17.1. The van der Waals surface area contributed by atoms with Gasteiger partial charge >= 0.3 is 0 Å². The van der Waals surface area contributed by atoms with Crippen molar-refractivity contribution in [3.63, 3.8) is 0 Å². The van der Waals surface area contributed by atoms with Crippen LogP contribution in [0, 0.1) is 23.1 Å². The molecule has 2 atom stereocenters. The molecule has 0 bridgehead atoms. The zero-order valence-electron chi connectivity index (χ0n) is 12.9. The van der Waals surface area contributed by atoms with Crippen LogP contribution in [-0.2, 0) is 11.2 Å². The molecule has 0 heterocycles. The molecule has 5 heteroatoms. The summed E-state index contributed by atoms with van der Waals surface area (Å²) in [5.41, 5.74) is 2.35. The largest absolute Gasteiger partial charge is 0.325 e. The quantitative estimate of drug-likeness (QED) is 0.877. The van der Waals surface area contributed by atoms with Gasteiger partial charge < -0.3 is 5.32 Å². The topological polar surface area (TPSA) is 52.9 Å². The average Bonchev–Trinajstić information content (AvgIpc) is 2.51. The summed E-state index contributed by atoms with van der Waals surface area (Å²) in [6.45, 7) is 0. The van der Waals surface area contributed by atoms with E-state index >= 15 is 0 Å². The second-order valence-corrected chi connectivity index (χ2v) is 6.39. The number of hydrogen-bond donors (Lipinski definition) is 1. The van der Waals surface area contributed by atoms with Crippen LogP contribution in [-0.4, -0.2) is 5.91 Å². The lowest BCUT2D eigenvalue weighted by Crippen LogP contribution is -2.35. The Morgan fingerprint density at radius 2 is 2.00 bits per heavy atom. The van der Waals surface area contributed by atoms with Crippen molar-refractivity contribution >= 4 is 23.2 Å². The molecule has 2 aromatic rings. The fraction of sp³-hybridized carbons (Fsp3) is 0.263. The molecule has 122 valence electrons. The predicted octanol–water partition coefficient (Wildman–Crippen LogP) is 4.68. The first-order valence-electron chi connectivity index (χ1n) is 7.80. The number of anilines is 1. The monoisotopic (exact) mass is 342 g/mol. The Morgan fingerprint density at radius 1 is 1.25 bits per heavy atom. The molecule has 1 saturated carbocycles. The Kier molecular flexibility index (Phi) is 4.82. The first-order chi connectivity index (χ1) is 11.6.